The molecule has 74 valence electrons. The van der Waals surface area contributed by atoms with E-state index in [4.69, 9.17) is 11.1 Å². The van der Waals surface area contributed by atoms with Crippen molar-refractivity contribution in [1.82, 2.24) is 5.32 Å². The molecule has 0 aliphatic carbocycles. The first-order valence-corrected chi connectivity index (χ1v) is 3.90. The zero-order valence-electron chi connectivity index (χ0n) is 8.10. The van der Waals surface area contributed by atoms with Gasteiger partial charge in [0.05, 0.1) is 6.42 Å². The molecule has 0 unspecified atom stereocenters. The molecule has 0 aromatic rings. The smallest absolute Gasteiger partial charge is 0.234 e. The quantitative estimate of drug-likeness (QED) is 0.321. The topological polar surface area (TPSA) is 96.0 Å². The summed E-state index contributed by atoms with van der Waals surface area (Å²) in [6.07, 6.45) is -0.233. The summed E-state index contributed by atoms with van der Waals surface area (Å²) in [6, 6.07) is 0. The predicted molar refractivity (Wildman–Crippen MR) is 49.1 cm³/mol. The molecule has 5 nitrogen and oxygen atoms in total. The number of rotatable bonds is 2. The molecule has 0 bridgehead atoms. The van der Waals surface area contributed by atoms with E-state index in [0.29, 0.717) is 0 Å². The fraction of sp³-hybridized carbons (Fsp3) is 0.625. The summed E-state index contributed by atoms with van der Waals surface area (Å²) >= 11 is 0. The van der Waals surface area contributed by atoms with Crippen LogP contribution < -0.4 is 11.1 Å². The fourth-order valence-corrected chi connectivity index (χ4v) is 0.605. The van der Waals surface area contributed by atoms with Gasteiger partial charge in [0.25, 0.3) is 0 Å². The van der Waals surface area contributed by atoms with Crippen molar-refractivity contribution in [3.05, 3.63) is 0 Å². The normalized spacial score (nSPS) is 10.7. The maximum Gasteiger partial charge on any atom is 0.234 e. The third-order valence-corrected chi connectivity index (χ3v) is 1.43. The number of nitrogens with two attached hydrogens (primary N) is 1. The van der Waals surface area contributed by atoms with Crippen LogP contribution in [0.15, 0.2) is 0 Å². The minimum absolute atomic E-state index is 0.175. The van der Waals surface area contributed by atoms with Gasteiger partial charge in [0.15, 0.2) is 5.96 Å². The van der Waals surface area contributed by atoms with Crippen LogP contribution in [0, 0.1) is 10.8 Å². The molecule has 0 rings (SSSR count). The molecule has 0 fully saturated rings. The highest BCUT2D eigenvalue weighted by atomic mass is 16.2. The van der Waals surface area contributed by atoms with E-state index >= 15 is 0 Å². The van der Waals surface area contributed by atoms with Crippen LogP contribution in [0.3, 0.4) is 0 Å². The number of guanidine groups is 1. The molecule has 0 aromatic carbocycles. The summed E-state index contributed by atoms with van der Waals surface area (Å²) in [5.41, 5.74) is 4.38. The number of nitrogens with one attached hydrogen (secondary N) is 2. The Morgan fingerprint density at radius 1 is 1.38 bits per heavy atom. The fourth-order valence-electron chi connectivity index (χ4n) is 0.605. The molecule has 4 N–H and O–H groups in total. The Bertz CT molecular complexity index is 240. The highest BCUT2D eigenvalue weighted by Crippen LogP contribution is 2.16. The van der Waals surface area contributed by atoms with Crippen LogP contribution in [0.5, 0.6) is 0 Å². The second-order valence-electron chi connectivity index (χ2n) is 3.81. The third-order valence-electron chi connectivity index (χ3n) is 1.43. The lowest BCUT2D eigenvalue weighted by molar-refractivity contribution is -0.131. The van der Waals surface area contributed by atoms with Gasteiger partial charge in [0, 0.05) is 5.41 Å². The Morgan fingerprint density at radius 2 is 1.85 bits per heavy atom. The van der Waals surface area contributed by atoms with Crippen LogP contribution in [0.2, 0.25) is 0 Å². The Balaban J connectivity index is 4.08. The van der Waals surface area contributed by atoms with E-state index in [1.54, 1.807) is 20.8 Å². The number of ketones is 1. The van der Waals surface area contributed by atoms with E-state index in [-0.39, 0.29) is 12.2 Å². The van der Waals surface area contributed by atoms with Gasteiger partial charge in [-0.25, -0.2) is 0 Å². The molecule has 0 spiro atoms. The standard InChI is InChI=1S/C8H15N3O2/c1-8(2,3)5(12)4-6(13)11-7(9)10/h4H2,1-3H3,(H4,9,10,11,13). The second-order valence-corrected chi connectivity index (χ2v) is 3.81. The molecule has 5 heteroatoms. The van der Waals surface area contributed by atoms with Crippen molar-refractivity contribution < 1.29 is 9.59 Å². The van der Waals surface area contributed by atoms with Crippen molar-refractivity contribution >= 4 is 17.6 Å². The Hall–Kier alpha value is -1.39. The number of hydrogen-bond donors (Lipinski definition) is 3. The number of Topliss-reactive ketones (excluding diaryl/α,β-unsaturated/α-hetero) is 1. The zero-order valence-corrected chi connectivity index (χ0v) is 8.10. The van der Waals surface area contributed by atoms with Crippen molar-refractivity contribution in [2.75, 3.05) is 0 Å². The minimum Gasteiger partial charge on any atom is -0.370 e. The summed E-state index contributed by atoms with van der Waals surface area (Å²) in [4.78, 5) is 22.2. The average molecular weight is 185 g/mol. The van der Waals surface area contributed by atoms with Crippen molar-refractivity contribution in [3.8, 4) is 0 Å². The van der Waals surface area contributed by atoms with Gasteiger partial charge < -0.3 is 5.73 Å². The zero-order chi connectivity index (χ0) is 10.6. The molecule has 0 aliphatic rings. The number of hydrogen-bond acceptors (Lipinski definition) is 3. The van der Waals surface area contributed by atoms with E-state index in [0.717, 1.165) is 0 Å². The number of carbonyl (C=O) groups is 2. The van der Waals surface area contributed by atoms with Gasteiger partial charge in [-0.1, -0.05) is 20.8 Å². The average Bonchev–Trinajstić information content (AvgIpc) is 1.82. The summed E-state index contributed by atoms with van der Waals surface area (Å²) in [7, 11) is 0. The lowest BCUT2D eigenvalue weighted by Crippen LogP contribution is -2.38. The number of carbonyl (C=O) groups excluding carboxylic acids is 2. The van der Waals surface area contributed by atoms with Crippen LogP contribution in [0.25, 0.3) is 0 Å². The van der Waals surface area contributed by atoms with Crippen molar-refractivity contribution in [2.24, 2.45) is 11.1 Å². The van der Waals surface area contributed by atoms with Gasteiger partial charge in [-0.05, 0) is 0 Å². The summed E-state index contributed by atoms with van der Waals surface area (Å²) in [5.74, 6) is -1.15. The third kappa shape index (κ3) is 4.95. The number of amides is 1. The van der Waals surface area contributed by atoms with Gasteiger partial charge in [0.2, 0.25) is 5.91 Å². The van der Waals surface area contributed by atoms with E-state index in [1.807, 2.05) is 5.32 Å². The molecule has 0 atom stereocenters. The highest BCUT2D eigenvalue weighted by molar-refractivity contribution is 6.05. The van der Waals surface area contributed by atoms with E-state index in [2.05, 4.69) is 0 Å². The maximum absolute atomic E-state index is 11.3. The van der Waals surface area contributed by atoms with Crippen molar-refractivity contribution in [2.45, 2.75) is 27.2 Å². The molecular weight excluding hydrogens is 170 g/mol. The summed E-state index contributed by atoms with van der Waals surface area (Å²) < 4.78 is 0. The molecule has 0 radical (unpaired) electrons. The molecule has 0 saturated carbocycles. The summed E-state index contributed by atoms with van der Waals surface area (Å²) in [5, 5.41) is 8.81. The van der Waals surface area contributed by atoms with E-state index < -0.39 is 17.3 Å². The van der Waals surface area contributed by atoms with Gasteiger partial charge in [-0.3, -0.25) is 20.3 Å². The van der Waals surface area contributed by atoms with Gasteiger partial charge >= 0.3 is 0 Å². The van der Waals surface area contributed by atoms with Crippen LogP contribution in [-0.4, -0.2) is 17.6 Å². The van der Waals surface area contributed by atoms with Crippen LogP contribution >= 0.6 is 0 Å². The van der Waals surface area contributed by atoms with Crippen molar-refractivity contribution in [3.63, 3.8) is 0 Å². The first-order chi connectivity index (χ1) is 5.73. The molecular formula is C8H15N3O2. The molecule has 0 heterocycles. The Morgan fingerprint density at radius 3 is 2.15 bits per heavy atom. The molecule has 0 aromatic heterocycles. The van der Waals surface area contributed by atoms with Crippen molar-refractivity contribution in [1.29, 1.82) is 5.41 Å². The molecule has 13 heavy (non-hydrogen) atoms. The van der Waals surface area contributed by atoms with E-state index in [9.17, 15) is 9.59 Å². The van der Waals surface area contributed by atoms with Crippen LogP contribution in [0.1, 0.15) is 27.2 Å². The largest absolute Gasteiger partial charge is 0.370 e. The first-order valence-electron chi connectivity index (χ1n) is 3.90. The predicted octanol–water partition coefficient (Wildman–Crippen LogP) is 0.00137. The van der Waals surface area contributed by atoms with Gasteiger partial charge in [-0.15, -0.1) is 0 Å². The highest BCUT2D eigenvalue weighted by Gasteiger charge is 2.23. The molecule has 0 saturated heterocycles. The lowest BCUT2D eigenvalue weighted by Gasteiger charge is -2.15. The van der Waals surface area contributed by atoms with Crippen LogP contribution in [0.4, 0.5) is 0 Å². The first kappa shape index (κ1) is 11.6. The van der Waals surface area contributed by atoms with Gasteiger partial charge in [0.1, 0.15) is 5.78 Å². The Labute approximate surface area is 77.2 Å². The molecule has 1 amide bonds. The van der Waals surface area contributed by atoms with Crippen LogP contribution in [-0.2, 0) is 9.59 Å². The SMILES string of the molecule is CC(C)(C)C(=O)CC(=O)NC(=N)N. The Kier molecular flexibility index (Phi) is 3.59. The second kappa shape index (κ2) is 4.02. The van der Waals surface area contributed by atoms with E-state index in [1.165, 1.54) is 0 Å². The monoisotopic (exact) mass is 185 g/mol. The minimum atomic E-state index is -0.535. The van der Waals surface area contributed by atoms with Gasteiger partial charge in [-0.2, -0.15) is 0 Å². The summed E-state index contributed by atoms with van der Waals surface area (Å²) in [6.45, 7) is 5.20. The maximum atomic E-state index is 11.3. The molecule has 0 aliphatic heterocycles. The lowest BCUT2D eigenvalue weighted by atomic mass is 9.89.